The quantitative estimate of drug-likeness (QED) is 0.800. The molecule has 0 saturated carbocycles. The summed E-state index contributed by atoms with van der Waals surface area (Å²) in [5, 5.41) is 17.4. The van der Waals surface area contributed by atoms with E-state index in [9.17, 15) is 13.6 Å². The van der Waals surface area contributed by atoms with Gasteiger partial charge >= 0.3 is 12.6 Å². The summed E-state index contributed by atoms with van der Waals surface area (Å²) in [6, 6.07) is 3.52. The molecule has 0 spiro atoms. The number of nitriles is 1. The summed E-state index contributed by atoms with van der Waals surface area (Å²) >= 11 is 3.80. The van der Waals surface area contributed by atoms with E-state index >= 15 is 0 Å². The van der Waals surface area contributed by atoms with Crippen molar-refractivity contribution in [1.29, 1.82) is 5.26 Å². The maximum atomic E-state index is 11.9. The van der Waals surface area contributed by atoms with Crippen LogP contribution in [0.2, 0.25) is 0 Å². The number of ether oxygens (including phenoxy) is 1. The van der Waals surface area contributed by atoms with Gasteiger partial charge in [0.15, 0.2) is 0 Å². The van der Waals surface area contributed by atoms with Crippen molar-refractivity contribution >= 4 is 18.6 Å². The van der Waals surface area contributed by atoms with Crippen molar-refractivity contribution in [3.05, 3.63) is 23.3 Å². The smallest absolute Gasteiger partial charge is 0.387 e. The number of carbonyl (C=O) groups is 1. The van der Waals surface area contributed by atoms with Crippen LogP contribution in [0, 0.1) is 11.3 Å². The SMILES string of the molecule is N#Cc1cc(OC(F)F)cc(S)c1C(=O)O. The lowest BCUT2D eigenvalue weighted by Crippen LogP contribution is -2.06. The predicted octanol–water partition coefficient (Wildman–Crippen LogP) is 2.15. The number of nitrogens with zero attached hydrogens (tertiary/aromatic N) is 1. The van der Waals surface area contributed by atoms with Gasteiger partial charge in [-0.3, -0.25) is 0 Å². The maximum Gasteiger partial charge on any atom is 0.387 e. The topological polar surface area (TPSA) is 70.3 Å². The number of aromatic carboxylic acids is 1. The van der Waals surface area contributed by atoms with Crippen molar-refractivity contribution in [3.63, 3.8) is 0 Å². The molecular formula is C9H5F2NO3S. The third-order valence-corrected chi connectivity index (χ3v) is 2.00. The van der Waals surface area contributed by atoms with Gasteiger partial charge in [-0.15, -0.1) is 12.6 Å². The summed E-state index contributed by atoms with van der Waals surface area (Å²) in [6.45, 7) is -3.05. The number of hydrogen-bond acceptors (Lipinski definition) is 4. The first-order chi connectivity index (χ1) is 7.45. The van der Waals surface area contributed by atoms with Gasteiger partial charge in [0.1, 0.15) is 11.8 Å². The molecule has 0 aromatic heterocycles. The zero-order valence-corrected chi connectivity index (χ0v) is 8.54. The summed E-state index contributed by atoms with van der Waals surface area (Å²) in [6.07, 6.45) is 0. The molecule has 0 amide bonds. The highest BCUT2D eigenvalue weighted by Gasteiger charge is 2.17. The second-order valence-electron chi connectivity index (χ2n) is 2.66. The molecule has 84 valence electrons. The van der Waals surface area contributed by atoms with Crippen molar-refractivity contribution in [2.75, 3.05) is 0 Å². The van der Waals surface area contributed by atoms with E-state index in [0.717, 1.165) is 12.1 Å². The summed E-state index contributed by atoms with van der Waals surface area (Å²) in [5.74, 6) is -1.66. The van der Waals surface area contributed by atoms with E-state index in [1.165, 1.54) is 0 Å². The summed E-state index contributed by atoms with van der Waals surface area (Å²) in [5.41, 5.74) is -0.622. The van der Waals surface area contributed by atoms with E-state index in [0.29, 0.717) is 0 Å². The lowest BCUT2D eigenvalue weighted by molar-refractivity contribution is -0.0499. The van der Waals surface area contributed by atoms with Crippen LogP contribution in [0.5, 0.6) is 5.75 Å². The van der Waals surface area contributed by atoms with Crippen molar-refractivity contribution in [3.8, 4) is 11.8 Å². The Morgan fingerprint density at radius 1 is 1.56 bits per heavy atom. The Morgan fingerprint density at radius 2 is 2.19 bits per heavy atom. The van der Waals surface area contributed by atoms with E-state index in [4.69, 9.17) is 10.4 Å². The average molecular weight is 245 g/mol. The third kappa shape index (κ3) is 2.61. The lowest BCUT2D eigenvalue weighted by Gasteiger charge is -2.08. The number of thiol groups is 1. The first-order valence-corrected chi connectivity index (χ1v) is 4.35. The molecule has 16 heavy (non-hydrogen) atoms. The largest absolute Gasteiger partial charge is 0.478 e. The number of hydrogen-bond donors (Lipinski definition) is 2. The van der Waals surface area contributed by atoms with Gasteiger partial charge < -0.3 is 9.84 Å². The summed E-state index contributed by atoms with van der Waals surface area (Å²) < 4.78 is 27.8. The highest BCUT2D eigenvalue weighted by atomic mass is 32.1. The minimum absolute atomic E-state index is 0.109. The molecule has 0 aliphatic carbocycles. The zero-order chi connectivity index (χ0) is 12.3. The van der Waals surface area contributed by atoms with Gasteiger partial charge in [-0.25, -0.2) is 4.79 Å². The summed E-state index contributed by atoms with van der Waals surface area (Å²) in [4.78, 5) is 10.6. The van der Waals surface area contributed by atoms with Crippen LogP contribution in [0.25, 0.3) is 0 Å². The van der Waals surface area contributed by atoms with Crippen LogP contribution in [0.4, 0.5) is 8.78 Å². The molecule has 0 bridgehead atoms. The fourth-order valence-corrected chi connectivity index (χ4v) is 1.43. The Bertz CT molecular complexity index is 471. The van der Waals surface area contributed by atoms with E-state index < -0.39 is 12.6 Å². The first-order valence-electron chi connectivity index (χ1n) is 3.91. The van der Waals surface area contributed by atoms with Crippen LogP contribution >= 0.6 is 12.6 Å². The van der Waals surface area contributed by atoms with E-state index in [-0.39, 0.29) is 21.8 Å². The zero-order valence-electron chi connectivity index (χ0n) is 7.65. The Morgan fingerprint density at radius 3 is 2.62 bits per heavy atom. The molecule has 0 radical (unpaired) electrons. The van der Waals surface area contributed by atoms with Crippen LogP contribution in [0.3, 0.4) is 0 Å². The highest BCUT2D eigenvalue weighted by molar-refractivity contribution is 7.80. The Labute approximate surface area is 94.5 Å². The third-order valence-electron chi connectivity index (χ3n) is 1.65. The molecule has 0 unspecified atom stereocenters. The molecule has 0 heterocycles. The molecule has 0 aliphatic rings. The van der Waals surface area contributed by atoms with Crippen molar-refractivity contribution in [2.45, 2.75) is 11.5 Å². The van der Waals surface area contributed by atoms with Crippen LogP contribution in [-0.2, 0) is 0 Å². The van der Waals surface area contributed by atoms with Crippen LogP contribution < -0.4 is 4.74 Å². The van der Waals surface area contributed by atoms with Crippen molar-refractivity contribution in [2.24, 2.45) is 0 Å². The van der Waals surface area contributed by atoms with Gasteiger partial charge in [-0.1, -0.05) is 0 Å². The number of alkyl halides is 2. The second kappa shape index (κ2) is 4.81. The van der Waals surface area contributed by atoms with E-state index in [1.807, 2.05) is 0 Å². The normalized spacial score (nSPS) is 9.94. The predicted molar refractivity (Wildman–Crippen MR) is 52.0 cm³/mol. The van der Waals surface area contributed by atoms with Gasteiger partial charge in [0, 0.05) is 4.90 Å². The Hall–Kier alpha value is -1.81. The van der Waals surface area contributed by atoms with Crippen molar-refractivity contribution < 1.29 is 23.4 Å². The standard InChI is InChI=1S/C9H5F2NO3S/c10-9(11)15-5-1-4(3-12)7(8(13)14)6(16)2-5/h1-2,9,16H,(H,13,14). The van der Waals surface area contributed by atoms with Crippen LogP contribution in [0.15, 0.2) is 17.0 Å². The fourth-order valence-electron chi connectivity index (χ4n) is 1.08. The van der Waals surface area contributed by atoms with Crippen molar-refractivity contribution in [1.82, 2.24) is 0 Å². The van der Waals surface area contributed by atoms with Gasteiger partial charge in [0.05, 0.1) is 11.1 Å². The fraction of sp³-hybridized carbons (Fsp3) is 0.111. The Balaban J connectivity index is 3.28. The van der Waals surface area contributed by atoms with Crippen LogP contribution in [0.1, 0.15) is 15.9 Å². The highest BCUT2D eigenvalue weighted by Crippen LogP contribution is 2.26. The number of rotatable bonds is 3. The molecule has 7 heteroatoms. The van der Waals surface area contributed by atoms with E-state index in [1.54, 1.807) is 6.07 Å². The summed E-state index contributed by atoms with van der Waals surface area (Å²) in [7, 11) is 0. The lowest BCUT2D eigenvalue weighted by atomic mass is 10.1. The monoisotopic (exact) mass is 245 g/mol. The van der Waals surface area contributed by atoms with Crippen LogP contribution in [-0.4, -0.2) is 17.7 Å². The molecule has 1 aromatic carbocycles. The van der Waals surface area contributed by atoms with Gasteiger partial charge in [0.2, 0.25) is 0 Å². The van der Waals surface area contributed by atoms with Gasteiger partial charge in [-0.05, 0) is 12.1 Å². The molecule has 1 rings (SSSR count). The number of benzene rings is 1. The maximum absolute atomic E-state index is 11.9. The molecule has 1 aromatic rings. The molecule has 0 fully saturated rings. The molecule has 4 nitrogen and oxygen atoms in total. The molecule has 0 saturated heterocycles. The molecule has 0 aliphatic heterocycles. The Kier molecular flexibility index (Phi) is 3.68. The minimum atomic E-state index is -3.05. The number of carboxylic acid groups (broad SMARTS) is 1. The number of carboxylic acids is 1. The molecule has 0 atom stereocenters. The van der Waals surface area contributed by atoms with Gasteiger partial charge in [-0.2, -0.15) is 14.0 Å². The van der Waals surface area contributed by atoms with Gasteiger partial charge in [0.25, 0.3) is 0 Å². The second-order valence-corrected chi connectivity index (χ2v) is 3.14. The minimum Gasteiger partial charge on any atom is -0.478 e. The molecule has 1 N–H and O–H groups in total. The average Bonchev–Trinajstić information content (AvgIpc) is 2.14. The number of halogens is 2. The first kappa shape index (κ1) is 12.3. The van der Waals surface area contributed by atoms with E-state index in [2.05, 4.69) is 17.4 Å². The molecular weight excluding hydrogens is 240 g/mol.